The number of aliphatic hydroxyl groups is 2. The van der Waals surface area contributed by atoms with Gasteiger partial charge < -0.3 is 25.6 Å². The van der Waals surface area contributed by atoms with E-state index in [0.717, 1.165) is 25.4 Å². The number of rotatable bonds is 10. The highest BCUT2D eigenvalue weighted by molar-refractivity contribution is 5.27. The van der Waals surface area contributed by atoms with E-state index < -0.39 is 0 Å². The second kappa shape index (κ2) is 9.85. The van der Waals surface area contributed by atoms with Crippen LogP contribution in [0.15, 0.2) is 24.3 Å². The fourth-order valence-corrected chi connectivity index (χ4v) is 1.48. The first-order valence-electron chi connectivity index (χ1n) is 6.21. The van der Waals surface area contributed by atoms with Crippen molar-refractivity contribution < 1.29 is 14.9 Å². The Bertz CT molecular complexity index is 304. The lowest BCUT2D eigenvalue weighted by molar-refractivity contribution is 0.201. The first-order chi connectivity index (χ1) is 8.86. The van der Waals surface area contributed by atoms with Gasteiger partial charge in [-0.25, -0.2) is 0 Å². The average Bonchev–Trinajstić information content (AvgIpc) is 2.42. The number of hydrogen-bond donors (Lipinski definition) is 4. The van der Waals surface area contributed by atoms with Gasteiger partial charge in [0.15, 0.2) is 0 Å². The second-order valence-electron chi connectivity index (χ2n) is 3.87. The largest absolute Gasteiger partial charge is 0.491 e. The molecular weight excluding hydrogens is 232 g/mol. The second-order valence-corrected chi connectivity index (χ2v) is 3.87. The third kappa shape index (κ3) is 6.56. The quantitative estimate of drug-likeness (QED) is 0.433. The van der Waals surface area contributed by atoms with Gasteiger partial charge in [0, 0.05) is 26.2 Å². The molecule has 0 aliphatic carbocycles. The minimum Gasteiger partial charge on any atom is -0.491 e. The smallest absolute Gasteiger partial charge is 0.119 e. The summed E-state index contributed by atoms with van der Waals surface area (Å²) in [5.41, 5.74) is 1.19. The number of benzene rings is 1. The van der Waals surface area contributed by atoms with Crippen LogP contribution in [0.4, 0.5) is 0 Å². The van der Waals surface area contributed by atoms with Crippen molar-refractivity contribution >= 4 is 0 Å². The number of nitrogens with one attached hydrogen (secondary N) is 2. The summed E-state index contributed by atoms with van der Waals surface area (Å²) in [4.78, 5) is 0. The monoisotopic (exact) mass is 254 g/mol. The Labute approximate surface area is 108 Å². The van der Waals surface area contributed by atoms with Crippen LogP contribution >= 0.6 is 0 Å². The summed E-state index contributed by atoms with van der Waals surface area (Å²) < 4.78 is 5.28. The highest BCUT2D eigenvalue weighted by atomic mass is 16.5. The van der Waals surface area contributed by atoms with E-state index in [1.54, 1.807) is 0 Å². The normalized spacial score (nSPS) is 10.6. The minimum atomic E-state index is 0.0319. The van der Waals surface area contributed by atoms with E-state index in [0.29, 0.717) is 13.2 Å². The molecule has 18 heavy (non-hydrogen) atoms. The molecule has 1 aromatic carbocycles. The van der Waals surface area contributed by atoms with E-state index in [2.05, 4.69) is 10.6 Å². The van der Waals surface area contributed by atoms with E-state index in [1.165, 1.54) is 5.56 Å². The van der Waals surface area contributed by atoms with Crippen molar-refractivity contribution in [2.24, 2.45) is 0 Å². The maximum absolute atomic E-state index is 8.63. The number of aliphatic hydroxyl groups excluding tert-OH is 2. The molecule has 5 nitrogen and oxygen atoms in total. The average molecular weight is 254 g/mol. The fraction of sp³-hybridized carbons (Fsp3) is 0.538. The topological polar surface area (TPSA) is 73.8 Å². The van der Waals surface area contributed by atoms with Gasteiger partial charge in [0.1, 0.15) is 12.4 Å². The van der Waals surface area contributed by atoms with E-state index in [-0.39, 0.29) is 13.2 Å². The van der Waals surface area contributed by atoms with Gasteiger partial charge in [-0.3, -0.25) is 0 Å². The molecule has 1 aromatic rings. The molecule has 0 amide bonds. The minimum absolute atomic E-state index is 0.0319. The zero-order chi connectivity index (χ0) is 13.1. The molecule has 0 aliphatic heterocycles. The lowest BCUT2D eigenvalue weighted by Gasteiger charge is -2.07. The van der Waals surface area contributed by atoms with Crippen LogP contribution < -0.4 is 15.4 Å². The molecule has 4 N–H and O–H groups in total. The van der Waals surface area contributed by atoms with E-state index in [4.69, 9.17) is 14.9 Å². The molecule has 5 heteroatoms. The Morgan fingerprint density at radius 2 is 1.61 bits per heavy atom. The number of hydrogen-bond acceptors (Lipinski definition) is 5. The van der Waals surface area contributed by atoms with Crippen LogP contribution in [0.3, 0.4) is 0 Å². The summed E-state index contributed by atoms with van der Waals surface area (Å²) in [6, 6.07) is 7.80. The SMILES string of the molecule is OCCNCCNCc1ccc(OCCO)cc1. The van der Waals surface area contributed by atoms with E-state index in [9.17, 15) is 0 Å². The van der Waals surface area contributed by atoms with E-state index in [1.807, 2.05) is 24.3 Å². The van der Waals surface area contributed by atoms with Crippen LogP contribution in [-0.4, -0.2) is 49.7 Å². The molecule has 0 spiro atoms. The standard InChI is InChI=1S/C13H22N2O3/c16-8-7-14-5-6-15-11-12-1-3-13(4-2-12)18-10-9-17/h1-4,14-17H,5-11H2. The van der Waals surface area contributed by atoms with E-state index >= 15 is 0 Å². The van der Waals surface area contributed by atoms with Crippen molar-refractivity contribution in [3.05, 3.63) is 29.8 Å². The first-order valence-corrected chi connectivity index (χ1v) is 6.21. The van der Waals surface area contributed by atoms with Crippen LogP contribution in [0.2, 0.25) is 0 Å². The fourth-order valence-electron chi connectivity index (χ4n) is 1.48. The lowest BCUT2D eigenvalue weighted by atomic mass is 10.2. The summed E-state index contributed by atoms with van der Waals surface area (Å²) in [5, 5.41) is 23.6. The van der Waals surface area contributed by atoms with Gasteiger partial charge in [0.2, 0.25) is 0 Å². The zero-order valence-corrected chi connectivity index (χ0v) is 10.6. The van der Waals surface area contributed by atoms with Crippen LogP contribution in [-0.2, 0) is 6.54 Å². The third-order valence-electron chi connectivity index (χ3n) is 2.38. The van der Waals surface area contributed by atoms with Crippen molar-refractivity contribution in [1.29, 1.82) is 0 Å². The van der Waals surface area contributed by atoms with Gasteiger partial charge in [0.25, 0.3) is 0 Å². The molecule has 1 rings (SSSR count). The summed E-state index contributed by atoms with van der Waals surface area (Å²) >= 11 is 0. The molecule has 0 saturated heterocycles. The van der Waals surface area contributed by atoms with Crippen molar-refractivity contribution in [3.63, 3.8) is 0 Å². The summed E-state index contributed by atoms with van der Waals surface area (Å²) in [6.07, 6.45) is 0. The Morgan fingerprint density at radius 3 is 2.28 bits per heavy atom. The van der Waals surface area contributed by atoms with Crippen molar-refractivity contribution in [2.45, 2.75) is 6.54 Å². The molecule has 0 saturated carbocycles. The Hall–Kier alpha value is -1.14. The van der Waals surface area contributed by atoms with Crippen molar-refractivity contribution in [1.82, 2.24) is 10.6 Å². The molecule has 0 atom stereocenters. The Kier molecular flexibility index (Phi) is 8.16. The van der Waals surface area contributed by atoms with Crippen LogP contribution in [0, 0.1) is 0 Å². The third-order valence-corrected chi connectivity index (χ3v) is 2.38. The van der Waals surface area contributed by atoms with Crippen molar-refractivity contribution in [3.8, 4) is 5.75 Å². The molecule has 0 radical (unpaired) electrons. The summed E-state index contributed by atoms with van der Waals surface area (Å²) in [5.74, 6) is 0.775. The van der Waals surface area contributed by atoms with Crippen LogP contribution in [0.5, 0.6) is 5.75 Å². The van der Waals surface area contributed by atoms with Gasteiger partial charge in [-0.15, -0.1) is 0 Å². The predicted molar refractivity (Wildman–Crippen MR) is 70.7 cm³/mol. The van der Waals surface area contributed by atoms with Gasteiger partial charge in [0.05, 0.1) is 13.2 Å². The first kappa shape index (κ1) is 14.9. The maximum atomic E-state index is 8.63. The molecule has 0 unspecified atom stereocenters. The highest BCUT2D eigenvalue weighted by Gasteiger charge is 1.95. The van der Waals surface area contributed by atoms with Crippen LogP contribution in [0.1, 0.15) is 5.56 Å². The molecule has 0 aliphatic rings. The summed E-state index contributed by atoms with van der Waals surface area (Å²) in [7, 11) is 0. The Morgan fingerprint density at radius 1 is 0.889 bits per heavy atom. The predicted octanol–water partition coefficient (Wildman–Crippen LogP) is -0.271. The van der Waals surface area contributed by atoms with Crippen molar-refractivity contribution in [2.75, 3.05) is 39.5 Å². The molecule has 0 bridgehead atoms. The van der Waals surface area contributed by atoms with Gasteiger partial charge >= 0.3 is 0 Å². The van der Waals surface area contributed by atoms with Gasteiger partial charge in [-0.1, -0.05) is 12.1 Å². The number of ether oxygens (including phenoxy) is 1. The zero-order valence-electron chi connectivity index (χ0n) is 10.6. The lowest BCUT2D eigenvalue weighted by Crippen LogP contribution is -2.28. The van der Waals surface area contributed by atoms with Gasteiger partial charge in [-0.2, -0.15) is 0 Å². The van der Waals surface area contributed by atoms with Gasteiger partial charge in [-0.05, 0) is 17.7 Å². The molecular formula is C13H22N2O3. The highest BCUT2D eigenvalue weighted by Crippen LogP contribution is 2.11. The summed E-state index contributed by atoms with van der Waals surface area (Å²) in [6.45, 7) is 3.69. The maximum Gasteiger partial charge on any atom is 0.119 e. The van der Waals surface area contributed by atoms with Crippen LogP contribution in [0.25, 0.3) is 0 Å². The molecule has 0 heterocycles. The molecule has 0 aromatic heterocycles. The molecule has 0 fully saturated rings. The Balaban J connectivity index is 2.14. The molecule has 102 valence electrons.